The molecule has 0 radical (unpaired) electrons. The van der Waals surface area contributed by atoms with Gasteiger partial charge in [-0.05, 0) is 0 Å². The van der Waals surface area contributed by atoms with Crippen molar-refractivity contribution in [2.24, 2.45) is 7.05 Å². The van der Waals surface area contributed by atoms with Gasteiger partial charge in [0.05, 0.1) is 6.10 Å². The van der Waals surface area contributed by atoms with Gasteiger partial charge in [-0.25, -0.2) is 0 Å². The lowest BCUT2D eigenvalue weighted by Crippen LogP contribution is -2.11. The molecule has 0 unspecified atom stereocenters. The van der Waals surface area contributed by atoms with Crippen molar-refractivity contribution in [2.75, 3.05) is 11.6 Å². The van der Waals surface area contributed by atoms with Crippen molar-refractivity contribution in [3.05, 3.63) is 30.3 Å². The summed E-state index contributed by atoms with van der Waals surface area (Å²) in [6, 6.07) is 9.88. The summed E-state index contributed by atoms with van der Waals surface area (Å²) in [6.45, 7) is 0. The Bertz CT molecular complexity index is 503. The number of hydrogen-bond acceptors (Lipinski definition) is 4. The van der Waals surface area contributed by atoms with Crippen LogP contribution in [-0.4, -0.2) is 37.6 Å². The highest BCUT2D eigenvalue weighted by Crippen LogP contribution is 2.22. The number of thioether (sulfide) groups is 1. The molecule has 0 spiro atoms. The fraction of sp³-hybridized carbons (Fsp3) is 0.333. The Morgan fingerprint density at radius 1 is 1.33 bits per heavy atom. The van der Waals surface area contributed by atoms with Gasteiger partial charge in [0.1, 0.15) is 0 Å². The summed E-state index contributed by atoms with van der Waals surface area (Å²) in [4.78, 5) is 0. The topological polar surface area (TPSA) is 50.9 Å². The second kappa shape index (κ2) is 6.22. The van der Waals surface area contributed by atoms with Crippen molar-refractivity contribution >= 4 is 23.4 Å². The Hall–Kier alpha value is -1.04. The first-order chi connectivity index (χ1) is 8.72. The van der Waals surface area contributed by atoms with Crippen molar-refractivity contribution in [1.29, 1.82) is 0 Å². The molecule has 0 aliphatic rings. The Balaban J connectivity index is 2.14. The summed E-state index contributed by atoms with van der Waals surface area (Å²) in [5, 5.41) is 18.5. The van der Waals surface area contributed by atoms with Gasteiger partial charge in [-0.2, -0.15) is 0 Å². The van der Waals surface area contributed by atoms with E-state index in [4.69, 9.17) is 11.6 Å². The van der Waals surface area contributed by atoms with E-state index >= 15 is 0 Å². The zero-order valence-corrected chi connectivity index (χ0v) is 11.5. The third-order valence-corrected chi connectivity index (χ3v) is 3.97. The van der Waals surface area contributed by atoms with Crippen LogP contribution in [0, 0.1) is 0 Å². The third-order valence-electron chi connectivity index (χ3n) is 2.45. The van der Waals surface area contributed by atoms with Gasteiger partial charge in [0.25, 0.3) is 0 Å². The first kappa shape index (κ1) is 13.4. The Morgan fingerprint density at radius 3 is 2.72 bits per heavy atom. The van der Waals surface area contributed by atoms with E-state index in [1.54, 1.807) is 0 Å². The summed E-state index contributed by atoms with van der Waals surface area (Å²) in [7, 11) is 1.91. The molecule has 6 heteroatoms. The predicted octanol–water partition coefficient (Wildman–Crippen LogP) is 2.17. The lowest BCUT2D eigenvalue weighted by Gasteiger charge is -2.06. The van der Waals surface area contributed by atoms with Gasteiger partial charge in [-0.1, -0.05) is 42.1 Å². The molecule has 2 rings (SSSR count). The number of halogens is 1. The highest BCUT2D eigenvalue weighted by Gasteiger charge is 2.12. The molecule has 0 bridgehead atoms. The lowest BCUT2D eigenvalue weighted by atomic mass is 10.2. The summed E-state index contributed by atoms with van der Waals surface area (Å²) >= 11 is 7.00. The molecule has 0 fully saturated rings. The van der Waals surface area contributed by atoms with Crippen molar-refractivity contribution in [1.82, 2.24) is 14.8 Å². The molecular weight excluding hydrogens is 270 g/mol. The van der Waals surface area contributed by atoms with Crippen LogP contribution in [0.1, 0.15) is 0 Å². The second-order valence-electron chi connectivity index (χ2n) is 3.85. The maximum atomic E-state index is 9.42. The van der Waals surface area contributed by atoms with Crippen LogP contribution in [0.4, 0.5) is 0 Å². The van der Waals surface area contributed by atoms with Crippen molar-refractivity contribution in [3.8, 4) is 11.4 Å². The Kier molecular flexibility index (Phi) is 4.63. The normalized spacial score (nSPS) is 12.6. The highest BCUT2D eigenvalue weighted by atomic mass is 35.5. The van der Waals surface area contributed by atoms with Crippen LogP contribution in [0.25, 0.3) is 11.4 Å². The van der Waals surface area contributed by atoms with Crippen molar-refractivity contribution in [3.63, 3.8) is 0 Å². The molecule has 0 aliphatic heterocycles. The smallest absolute Gasteiger partial charge is 0.191 e. The van der Waals surface area contributed by atoms with E-state index in [0.29, 0.717) is 5.75 Å². The van der Waals surface area contributed by atoms with Gasteiger partial charge in [0, 0.05) is 24.2 Å². The maximum absolute atomic E-state index is 9.42. The van der Waals surface area contributed by atoms with Crippen LogP contribution in [0.15, 0.2) is 35.5 Å². The molecule has 1 aromatic carbocycles. The van der Waals surface area contributed by atoms with Crippen LogP contribution in [0.5, 0.6) is 0 Å². The van der Waals surface area contributed by atoms with Crippen LogP contribution >= 0.6 is 23.4 Å². The quantitative estimate of drug-likeness (QED) is 0.675. The monoisotopic (exact) mass is 283 g/mol. The van der Waals surface area contributed by atoms with Crippen molar-refractivity contribution in [2.45, 2.75) is 11.3 Å². The van der Waals surface area contributed by atoms with Crippen LogP contribution in [0.2, 0.25) is 0 Å². The SMILES string of the molecule is Cn1c(SC[C@H](O)CCl)nnc1-c1ccccc1. The average Bonchev–Trinajstić information content (AvgIpc) is 2.78. The Morgan fingerprint density at radius 2 is 2.06 bits per heavy atom. The predicted molar refractivity (Wildman–Crippen MR) is 73.9 cm³/mol. The highest BCUT2D eigenvalue weighted by molar-refractivity contribution is 7.99. The Labute approximate surface area is 115 Å². The van der Waals surface area contributed by atoms with E-state index in [-0.39, 0.29) is 5.88 Å². The van der Waals surface area contributed by atoms with Crippen LogP contribution in [-0.2, 0) is 7.05 Å². The van der Waals surface area contributed by atoms with E-state index in [1.807, 2.05) is 41.9 Å². The minimum absolute atomic E-state index is 0.233. The average molecular weight is 284 g/mol. The number of hydrogen-bond donors (Lipinski definition) is 1. The number of rotatable bonds is 5. The molecule has 1 N–H and O–H groups in total. The van der Waals surface area contributed by atoms with E-state index in [9.17, 15) is 5.11 Å². The zero-order valence-electron chi connectivity index (χ0n) is 9.95. The molecule has 0 saturated heterocycles. The molecule has 0 aliphatic carbocycles. The van der Waals surface area contributed by atoms with Gasteiger partial charge in [-0.15, -0.1) is 21.8 Å². The minimum atomic E-state index is -0.520. The van der Waals surface area contributed by atoms with Gasteiger partial charge >= 0.3 is 0 Å². The first-order valence-corrected chi connectivity index (χ1v) is 7.06. The molecular formula is C12H14ClN3OS. The molecule has 18 heavy (non-hydrogen) atoms. The number of aliphatic hydroxyl groups is 1. The van der Waals surface area contributed by atoms with Gasteiger partial charge in [0.2, 0.25) is 0 Å². The fourth-order valence-electron chi connectivity index (χ4n) is 1.49. The number of aliphatic hydroxyl groups excluding tert-OH is 1. The van der Waals surface area contributed by atoms with E-state index < -0.39 is 6.10 Å². The number of aromatic nitrogens is 3. The summed E-state index contributed by atoms with van der Waals surface area (Å²) in [5.74, 6) is 1.57. The molecule has 0 saturated carbocycles. The summed E-state index contributed by atoms with van der Waals surface area (Å²) in [6.07, 6.45) is -0.520. The van der Waals surface area contributed by atoms with Gasteiger partial charge < -0.3 is 9.67 Å². The molecule has 1 aromatic heterocycles. The van der Waals surface area contributed by atoms with Crippen LogP contribution in [0.3, 0.4) is 0 Å². The maximum Gasteiger partial charge on any atom is 0.191 e. The van der Waals surface area contributed by atoms with Crippen LogP contribution < -0.4 is 0 Å². The molecule has 0 amide bonds. The lowest BCUT2D eigenvalue weighted by molar-refractivity contribution is 0.223. The van der Waals surface area contributed by atoms with E-state index in [2.05, 4.69) is 10.2 Å². The number of alkyl halides is 1. The van der Waals surface area contributed by atoms with Gasteiger partial charge in [-0.3, -0.25) is 0 Å². The summed E-state index contributed by atoms with van der Waals surface area (Å²) < 4.78 is 1.92. The number of nitrogens with zero attached hydrogens (tertiary/aromatic N) is 3. The zero-order chi connectivity index (χ0) is 13.0. The summed E-state index contributed by atoms with van der Waals surface area (Å²) in [5.41, 5.74) is 1.03. The molecule has 96 valence electrons. The van der Waals surface area contributed by atoms with Crippen molar-refractivity contribution < 1.29 is 5.11 Å². The molecule has 4 nitrogen and oxygen atoms in total. The van der Waals surface area contributed by atoms with Gasteiger partial charge in [0.15, 0.2) is 11.0 Å². The second-order valence-corrected chi connectivity index (χ2v) is 5.15. The minimum Gasteiger partial charge on any atom is -0.391 e. The molecule has 2 aromatic rings. The molecule has 1 heterocycles. The number of benzene rings is 1. The first-order valence-electron chi connectivity index (χ1n) is 5.54. The van der Waals surface area contributed by atoms with E-state index in [0.717, 1.165) is 16.5 Å². The largest absolute Gasteiger partial charge is 0.391 e. The standard InChI is InChI=1S/C12H14ClN3OS/c1-16-11(9-5-3-2-4-6-9)14-15-12(16)18-8-10(17)7-13/h2-6,10,17H,7-8H2,1H3/t10-/m1/s1. The van der Waals surface area contributed by atoms with E-state index in [1.165, 1.54) is 11.8 Å². The fourth-order valence-corrected chi connectivity index (χ4v) is 2.57. The molecule has 1 atom stereocenters. The third kappa shape index (κ3) is 3.04.